The number of fused-ring (bicyclic) bond motifs is 1. The third kappa shape index (κ3) is 2.60. The Kier molecular flexibility index (Phi) is 3.75. The molecule has 3 heterocycles. The fraction of sp³-hybridized carbons (Fsp3) is 0.409. The Balaban J connectivity index is 1.53. The molecular weight excluding hydrogens is 322 g/mol. The van der Waals surface area contributed by atoms with Gasteiger partial charge >= 0.3 is 0 Å². The van der Waals surface area contributed by atoms with Gasteiger partial charge in [0.25, 0.3) is 6.02 Å². The number of nitrogens with one attached hydrogen (secondary N) is 1. The molecule has 1 spiro atoms. The number of amidine groups is 1. The molecule has 0 unspecified atom stereocenters. The highest BCUT2D eigenvalue weighted by Gasteiger charge is 2.44. The predicted octanol–water partition coefficient (Wildman–Crippen LogP) is 3.06. The SMILES string of the molecule is Cc1ccc([C@H]2c3ccccc3CCN2C2=NC[C@@]3(CCNC3)O2)cc1. The van der Waals surface area contributed by atoms with E-state index in [9.17, 15) is 0 Å². The topological polar surface area (TPSA) is 36.9 Å². The zero-order valence-electron chi connectivity index (χ0n) is 15.2. The Morgan fingerprint density at radius 1 is 1.15 bits per heavy atom. The quantitative estimate of drug-likeness (QED) is 0.861. The van der Waals surface area contributed by atoms with E-state index >= 15 is 0 Å². The number of aryl methyl sites for hydroxylation is 1. The predicted molar refractivity (Wildman–Crippen MR) is 103 cm³/mol. The van der Waals surface area contributed by atoms with Gasteiger partial charge in [0.2, 0.25) is 0 Å². The van der Waals surface area contributed by atoms with Crippen molar-refractivity contribution in [2.24, 2.45) is 4.99 Å². The summed E-state index contributed by atoms with van der Waals surface area (Å²) in [5.74, 6) is 0. The second-order valence-electron chi connectivity index (χ2n) is 7.77. The van der Waals surface area contributed by atoms with E-state index < -0.39 is 0 Å². The van der Waals surface area contributed by atoms with Crippen LogP contribution < -0.4 is 5.32 Å². The van der Waals surface area contributed by atoms with Crippen LogP contribution in [0.1, 0.15) is 34.7 Å². The molecule has 1 fully saturated rings. The van der Waals surface area contributed by atoms with E-state index in [0.717, 1.165) is 45.0 Å². The van der Waals surface area contributed by atoms with Crippen molar-refractivity contribution in [2.45, 2.75) is 31.4 Å². The minimum absolute atomic E-state index is 0.121. The number of aliphatic imine (C=N–C) groups is 1. The lowest BCUT2D eigenvalue weighted by Gasteiger charge is -2.39. The van der Waals surface area contributed by atoms with Gasteiger partial charge in [-0.1, -0.05) is 54.1 Å². The first-order chi connectivity index (χ1) is 12.7. The van der Waals surface area contributed by atoms with Crippen molar-refractivity contribution in [3.63, 3.8) is 0 Å². The van der Waals surface area contributed by atoms with Crippen LogP contribution >= 0.6 is 0 Å². The van der Waals surface area contributed by atoms with E-state index in [4.69, 9.17) is 9.73 Å². The molecule has 0 saturated carbocycles. The van der Waals surface area contributed by atoms with Crippen LogP contribution in [0.2, 0.25) is 0 Å². The molecule has 0 aromatic heterocycles. The average Bonchev–Trinajstić information content (AvgIpc) is 3.32. The van der Waals surface area contributed by atoms with Crippen LogP contribution in [0.25, 0.3) is 0 Å². The van der Waals surface area contributed by atoms with Gasteiger partial charge in [0, 0.05) is 19.5 Å². The second-order valence-corrected chi connectivity index (χ2v) is 7.77. The van der Waals surface area contributed by atoms with Crippen molar-refractivity contribution in [1.29, 1.82) is 0 Å². The third-order valence-electron chi connectivity index (χ3n) is 5.94. The van der Waals surface area contributed by atoms with Crippen LogP contribution in [-0.2, 0) is 11.2 Å². The van der Waals surface area contributed by atoms with Crippen molar-refractivity contribution in [3.05, 3.63) is 70.8 Å². The number of hydrogen-bond donors (Lipinski definition) is 1. The summed E-state index contributed by atoms with van der Waals surface area (Å²) in [6.07, 6.45) is 2.08. The molecule has 2 aromatic carbocycles. The van der Waals surface area contributed by atoms with Crippen LogP contribution in [0.3, 0.4) is 0 Å². The zero-order valence-corrected chi connectivity index (χ0v) is 15.2. The molecule has 4 nitrogen and oxygen atoms in total. The van der Waals surface area contributed by atoms with Gasteiger partial charge in [-0.3, -0.25) is 0 Å². The summed E-state index contributed by atoms with van der Waals surface area (Å²) in [6.45, 7) is 5.77. The summed E-state index contributed by atoms with van der Waals surface area (Å²) in [4.78, 5) is 7.22. The molecule has 5 rings (SSSR count). The first kappa shape index (κ1) is 15.9. The van der Waals surface area contributed by atoms with E-state index in [1.165, 1.54) is 22.3 Å². The molecule has 4 heteroatoms. The van der Waals surface area contributed by atoms with Crippen LogP contribution in [-0.4, -0.2) is 42.7 Å². The van der Waals surface area contributed by atoms with Crippen molar-refractivity contribution in [3.8, 4) is 0 Å². The smallest absolute Gasteiger partial charge is 0.288 e. The summed E-state index contributed by atoms with van der Waals surface area (Å²) in [6, 6.07) is 18.7. The first-order valence-corrected chi connectivity index (χ1v) is 9.59. The maximum absolute atomic E-state index is 6.45. The Bertz CT molecular complexity index is 837. The standard InChI is InChI=1S/C22H25N3O/c1-16-6-8-18(9-7-16)20-19-5-3-2-4-17(19)10-13-25(20)21-24-15-22(26-21)11-12-23-14-22/h2-9,20,23H,10-15H2,1H3/t20-,22-/m0/s1. The molecule has 2 atom stereocenters. The van der Waals surface area contributed by atoms with Crippen LogP contribution in [0.4, 0.5) is 0 Å². The molecule has 0 amide bonds. The van der Waals surface area contributed by atoms with E-state index in [0.29, 0.717) is 0 Å². The summed E-state index contributed by atoms with van der Waals surface area (Å²) in [7, 11) is 0. The Morgan fingerprint density at radius 3 is 2.81 bits per heavy atom. The summed E-state index contributed by atoms with van der Waals surface area (Å²) >= 11 is 0. The highest BCUT2D eigenvalue weighted by atomic mass is 16.5. The molecular formula is C22H25N3O. The van der Waals surface area contributed by atoms with Gasteiger partial charge in [-0.15, -0.1) is 0 Å². The van der Waals surface area contributed by atoms with Crippen LogP contribution in [0.5, 0.6) is 0 Å². The Hall–Kier alpha value is -2.33. The highest BCUT2D eigenvalue weighted by molar-refractivity contribution is 5.78. The first-order valence-electron chi connectivity index (χ1n) is 9.59. The van der Waals surface area contributed by atoms with Gasteiger partial charge in [-0.2, -0.15) is 0 Å². The maximum Gasteiger partial charge on any atom is 0.288 e. The number of benzene rings is 2. The lowest BCUT2D eigenvalue weighted by atomic mass is 9.88. The van der Waals surface area contributed by atoms with Crippen molar-refractivity contribution in [2.75, 3.05) is 26.2 Å². The monoisotopic (exact) mass is 347 g/mol. The fourth-order valence-electron chi connectivity index (χ4n) is 4.44. The van der Waals surface area contributed by atoms with Crippen molar-refractivity contribution in [1.82, 2.24) is 10.2 Å². The molecule has 3 aliphatic heterocycles. The number of rotatable bonds is 1. The second kappa shape index (κ2) is 6.13. The molecule has 2 aromatic rings. The van der Waals surface area contributed by atoms with Gasteiger partial charge in [-0.05, 0) is 36.6 Å². The number of ether oxygens (including phenoxy) is 1. The van der Waals surface area contributed by atoms with E-state index in [1.54, 1.807) is 0 Å². The lowest BCUT2D eigenvalue weighted by molar-refractivity contribution is 0.0813. The molecule has 26 heavy (non-hydrogen) atoms. The minimum Gasteiger partial charge on any atom is -0.455 e. The molecule has 3 aliphatic rings. The fourth-order valence-corrected chi connectivity index (χ4v) is 4.44. The van der Waals surface area contributed by atoms with E-state index in [-0.39, 0.29) is 11.6 Å². The molecule has 1 saturated heterocycles. The number of nitrogens with zero attached hydrogens (tertiary/aromatic N) is 2. The summed E-state index contributed by atoms with van der Waals surface area (Å²) in [5, 5.41) is 3.43. The molecule has 134 valence electrons. The lowest BCUT2D eigenvalue weighted by Crippen LogP contribution is -2.44. The van der Waals surface area contributed by atoms with Crippen molar-refractivity contribution < 1.29 is 4.74 Å². The largest absolute Gasteiger partial charge is 0.455 e. The van der Waals surface area contributed by atoms with Gasteiger partial charge in [0.1, 0.15) is 5.60 Å². The highest BCUT2D eigenvalue weighted by Crippen LogP contribution is 2.38. The maximum atomic E-state index is 6.45. The van der Waals surface area contributed by atoms with Crippen molar-refractivity contribution >= 4 is 6.02 Å². The molecule has 1 N–H and O–H groups in total. The molecule has 0 aliphatic carbocycles. The van der Waals surface area contributed by atoms with E-state index in [1.807, 2.05) is 0 Å². The van der Waals surface area contributed by atoms with Gasteiger partial charge < -0.3 is 15.0 Å². The summed E-state index contributed by atoms with van der Waals surface area (Å²) in [5.41, 5.74) is 5.28. The minimum atomic E-state index is -0.121. The number of hydrogen-bond acceptors (Lipinski definition) is 4. The zero-order chi connectivity index (χ0) is 17.6. The van der Waals surface area contributed by atoms with Gasteiger partial charge in [0.15, 0.2) is 0 Å². The van der Waals surface area contributed by atoms with E-state index in [2.05, 4.69) is 65.7 Å². The Morgan fingerprint density at radius 2 is 2.00 bits per heavy atom. The normalized spacial score (nSPS) is 27.3. The third-order valence-corrected chi connectivity index (χ3v) is 5.94. The summed E-state index contributed by atoms with van der Waals surface area (Å²) < 4.78 is 6.45. The molecule has 0 bridgehead atoms. The van der Waals surface area contributed by atoms with Crippen LogP contribution in [0, 0.1) is 6.92 Å². The van der Waals surface area contributed by atoms with Gasteiger partial charge in [-0.25, -0.2) is 4.99 Å². The average molecular weight is 347 g/mol. The van der Waals surface area contributed by atoms with Gasteiger partial charge in [0.05, 0.1) is 12.6 Å². The molecule has 0 radical (unpaired) electrons. The van der Waals surface area contributed by atoms with Crippen LogP contribution in [0.15, 0.2) is 53.5 Å². The Labute approximate surface area is 154 Å².